The van der Waals surface area contributed by atoms with Gasteiger partial charge in [0.05, 0.1) is 5.02 Å². The summed E-state index contributed by atoms with van der Waals surface area (Å²) >= 11 is 5.75. The Balaban J connectivity index is 2.34. The van der Waals surface area contributed by atoms with Crippen molar-refractivity contribution in [3.8, 4) is 0 Å². The van der Waals surface area contributed by atoms with E-state index in [9.17, 15) is 9.18 Å². The number of rotatable bonds is 7. The minimum atomic E-state index is -0.421. The van der Waals surface area contributed by atoms with Gasteiger partial charge in [0.1, 0.15) is 5.82 Å². The second kappa shape index (κ2) is 8.22. The summed E-state index contributed by atoms with van der Waals surface area (Å²) in [6.45, 7) is 7.33. The molecule has 3 nitrogen and oxygen atoms in total. The van der Waals surface area contributed by atoms with Gasteiger partial charge in [-0.15, -0.1) is 0 Å². The van der Waals surface area contributed by atoms with Gasteiger partial charge >= 0.3 is 0 Å². The first-order valence-corrected chi connectivity index (χ1v) is 7.23. The lowest BCUT2D eigenvalue weighted by Crippen LogP contribution is -2.31. The summed E-state index contributed by atoms with van der Waals surface area (Å²) in [5, 5.41) is 6.20. The molecule has 0 bridgehead atoms. The van der Waals surface area contributed by atoms with E-state index in [2.05, 4.69) is 24.5 Å². The number of halogens is 2. The van der Waals surface area contributed by atoms with Crippen LogP contribution < -0.4 is 10.6 Å². The molecule has 0 heterocycles. The van der Waals surface area contributed by atoms with Crippen molar-refractivity contribution in [1.82, 2.24) is 10.6 Å². The fourth-order valence-corrected chi connectivity index (χ4v) is 1.90. The van der Waals surface area contributed by atoms with Crippen LogP contribution in [0.4, 0.5) is 4.39 Å². The molecule has 0 fully saturated rings. The zero-order chi connectivity index (χ0) is 15.1. The van der Waals surface area contributed by atoms with Crippen molar-refractivity contribution >= 4 is 17.5 Å². The highest BCUT2D eigenvalue weighted by molar-refractivity contribution is 6.30. The molecular weight excluding hydrogens is 279 g/mol. The number of carbonyl (C=O) groups excluding carboxylic acids is 1. The van der Waals surface area contributed by atoms with Crippen LogP contribution in [0.3, 0.4) is 0 Å². The van der Waals surface area contributed by atoms with Crippen molar-refractivity contribution in [3.05, 3.63) is 34.6 Å². The maximum absolute atomic E-state index is 13.1. The predicted molar refractivity (Wildman–Crippen MR) is 80.3 cm³/mol. The van der Waals surface area contributed by atoms with Crippen LogP contribution in [0.15, 0.2) is 18.2 Å². The van der Waals surface area contributed by atoms with Gasteiger partial charge in [0.15, 0.2) is 0 Å². The van der Waals surface area contributed by atoms with Crippen molar-refractivity contribution < 1.29 is 9.18 Å². The summed E-state index contributed by atoms with van der Waals surface area (Å²) in [4.78, 5) is 11.5. The summed E-state index contributed by atoms with van der Waals surface area (Å²) in [5.74, 6) is 0.0680. The first kappa shape index (κ1) is 16.9. The Morgan fingerprint density at radius 1 is 1.35 bits per heavy atom. The van der Waals surface area contributed by atoms with E-state index in [0.29, 0.717) is 25.4 Å². The Morgan fingerprint density at radius 2 is 2.05 bits per heavy atom. The van der Waals surface area contributed by atoms with Gasteiger partial charge in [-0.3, -0.25) is 4.79 Å². The average molecular weight is 301 g/mol. The van der Waals surface area contributed by atoms with Crippen LogP contribution in [-0.4, -0.2) is 19.0 Å². The molecule has 1 unspecified atom stereocenters. The summed E-state index contributed by atoms with van der Waals surface area (Å²) in [6, 6.07) is 4.67. The number of nitrogens with one attached hydrogen (secondary N) is 2. The smallest absolute Gasteiger partial charge is 0.221 e. The quantitative estimate of drug-likeness (QED) is 0.811. The summed E-state index contributed by atoms with van der Waals surface area (Å²) < 4.78 is 13.1. The third kappa shape index (κ3) is 5.88. The van der Waals surface area contributed by atoms with E-state index in [1.165, 1.54) is 6.07 Å². The van der Waals surface area contributed by atoms with Crippen molar-refractivity contribution in [3.63, 3.8) is 0 Å². The van der Waals surface area contributed by atoms with E-state index in [4.69, 9.17) is 11.6 Å². The van der Waals surface area contributed by atoms with Crippen molar-refractivity contribution in [1.29, 1.82) is 0 Å². The zero-order valence-electron chi connectivity index (χ0n) is 12.2. The molecule has 5 heteroatoms. The largest absolute Gasteiger partial charge is 0.356 e. The molecule has 1 aromatic carbocycles. The van der Waals surface area contributed by atoms with Crippen molar-refractivity contribution in [2.75, 3.05) is 13.1 Å². The number of carbonyl (C=O) groups is 1. The standard InChI is InChI=1S/C15H22ClFN2O/c1-10(2)9-19-15(20)6-7-18-11(3)12-4-5-14(17)13(16)8-12/h4-5,8,10-11,18H,6-7,9H2,1-3H3,(H,19,20). The molecule has 20 heavy (non-hydrogen) atoms. The Morgan fingerprint density at radius 3 is 2.65 bits per heavy atom. The SMILES string of the molecule is CC(C)CNC(=O)CCNC(C)c1ccc(F)c(Cl)c1. The monoisotopic (exact) mass is 300 g/mol. The lowest BCUT2D eigenvalue weighted by atomic mass is 10.1. The van der Waals surface area contributed by atoms with E-state index >= 15 is 0 Å². The van der Waals surface area contributed by atoms with E-state index in [-0.39, 0.29) is 17.0 Å². The molecule has 112 valence electrons. The minimum Gasteiger partial charge on any atom is -0.356 e. The Bertz CT molecular complexity index is 451. The van der Waals surface area contributed by atoms with Gasteiger partial charge < -0.3 is 10.6 Å². The number of hydrogen-bond donors (Lipinski definition) is 2. The fraction of sp³-hybridized carbons (Fsp3) is 0.533. The van der Waals surface area contributed by atoms with Gasteiger partial charge in [-0.05, 0) is 30.5 Å². The lowest BCUT2D eigenvalue weighted by Gasteiger charge is -2.15. The molecular formula is C15H22ClFN2O. The van der Waals surface area contributed by atoms with Crippen LogP contribution in [0.2, 0.25) is 5.02 Å². The number of benzene rings is 1. The van der Waals surface area contributed by atoms with Crippen LogP contribution in [0.1, 0.15) is 38.8 Å². The molecule has 0 aliphatic rings. The maximum atomic E-state index is 13.1. The summed E-state index contributed by atoms with van der Waals surface area (Å²) in [5.41, 5.74) is 0.902. The predicted octanol–water partition coefficient (Wildman–Crippen LogP) is 3.29. The molecule has 1 amide bonds. The van der Waals surface area contributed by atoms with Crippen molar-refractivity contribution in [2.45, 2.75) is 33.2 Å². The van der Waals surface area contributed by atoms with Crippen LogP contribution in [0, 0.1) is 11.7 Å². The van der Waals surface area contributed by atoms with Gasteiger partial charge in [-0.1, -0.05) is 31.5 Å². The van der Waals surface area contributed by atoms with E-state index in [1.54, 1.807) is 12.1 Å². The molecule has 2 N–H and O–H groups in total. The molecule has 0 aliphatic heterocycles. The second-order valence-electron chi connectivity index (χ2n) is 5.30. The van der Waals surface area contributed by atoms with Gasteiger partial charge in [0.2, 0.25) is 5.91 Å². The number of hydrogen-bond acceptors (Lipinski definition) is 2. The first-order chi connectivity index (χ1) is 9.40. The van der Waals surface area contributed by atoms with E-state index in [0.717, 1.165) is 5.56 Å². The molecule has 0 spiro atoms. The molecule has 0 saturated heterocycles. The van der Waals surface area contributed by atoms with Crippen LogP contribution >= 0.6 is 11.6 Å². The first-order valence-electron chi connectivity index (χ1n) is 6.85. The molecule has 0 saturated carbocycles. The van der Waals surface area contributed by atoms with Gasteiger partial charge in [-0.2, -0.15) is 0 Å². The Hall–Kier alpha value is -1.13. The summed E-state index contributed by atoms with van der Waals surface area (Å²) in [6.07, 6.45) is 0.423. The van der Waals surface area contributed by atoms with Crippen LogP contribution in [0.5, 0.6) is 0 Å². The highest BCUT2D eigenvalue weighted by atomic mass is 35.5. The zero-order valence-corrected chi connectivity index (χ0v) is 12.9. The van der Waals surface area contributed by atoms with Crippen LogP contribution in [-0.2, 0) is 4.79 Å². The number of amides is 1. The van der Waals surface area contributed by atoms with Gasteiger partial charge in [-0.25, -0.2) is 4.39 Å². The van der Waals surface area contributed by atoms with Crippen LogP contribution in [0.25, 0.3) is 0 Å². The minimum absolute atomic E-state index is 0.0194. The second-order valence-corrected chi connectivity index (χ2v) is 5.70. The lowest BCUT2D eigenvalue weighted by molar-refractivity contribution is -0.121. The highest BCUT2D eigenvalue weighted by Crippen LogP contribution is 2.20. The van der Waals surface area contributed by atoms with Gasteiger partial charge in [0.25, 0.3) is 0 Å². The average Bonchev–Trinajstić information content (AvgIpc) is 2.39. The Kier molecular flexibility index (Phi) is 6.96. The van der Waals surface area contributed by atoms with Crippen molar-refractivity contribution in [2.24, 2.45) is 5.92 Å². The molecule has 0 aromatic heterocycles. The highest BCUT2D eigenvalue weighted by Gasteiger charge is 2.09. The fourth-order valence-electron chi connectivity index (χ4n) is 1.71. The Labute approximate surface area is 124 Å². The summed E-state index contributed by atoms with van der Waals surface area (Å²) in [7, 11) is 0. The molecule has 1 aromatic rings. The third-order valence-corrected chi connectivity index (χ3v) is 3.24. The molecule has 0 radical (unpaired) electrons. The normalized spacial score (nSPS) is 12.5. The maximum Gasteiger partial charge on any atom is 0.221 e. The topological polar surface area (TPSA) is 41.1 Å². The van der Waals surface area contributed by atoms with E-state index < -0.39 is 5.82 Å². The molecule has 1 atom stereocenters. The molecule has 0 aliphatic carbocycles. The molecule has 1 rings (SSSR count). The third-order valence-electron chi connectivity index (χ3n) is 2.95. The van der Waals surface area contributed by atoms with E-state index in [1.807, 2.05) is 6.92 Å². The van der Waals surface area contributed by atoms with Gasteiger partial charge in [0, 0.05) is 25.6 Å².